The first-order valence-corrected chi connectivity index (χ1v) is 8.93. The van der Waals surface area contributed by atoms with Crippen LogP contribution in [0, 0.1) is 13.8 Å². The maximum Gasteiger partial charge on any atom is 0.339 e. The Labute approximate surface area is 164 Å². The lowest BCUT2D eigenvalue weighted by atomic mass is 9.90. The van der Waals surface area contributed by atoms with Crippen molar-refractivity contribution in [2.45, 2.75) is 13.8 Å². The quantitative estimate of drug-likeness (QED) is 0.588. The predicted octanol–water partition coefficient (Wildman–Crippen LogP) is 5.21. The van der Waals surface area contributed by atoms with Crippen LogP contribution in [0.2, 0.25) is 0 Å². The molecular weight excluding hydrogens is 352 g/mol. The molecule has 0 aliphatic carbocycles. The van der Waals surface area contributed by atoms with Crippen molar-refractivity contribution in [3.05, 3.63) is 82.9 Å². The van der Waals surface area contributed by atoms with E-state index in [2.05, 4.69) is 0 Å². The monoisotopic (exact) mass is 374 g/mol. The van der Waals surface area contributed by atoms with Gasteiger partial charge in [-0.1, -0.05) is 59.7 Å². The Morgan fingerprint density at radius 1 is 0.643 bits per heavy atom. The maximum absolute atomic E-state index is 12.6. The molecule has 0 saturated carbocycles. The van der Waals surface area contributed by atoms with E-state index in [4.69, 9.17) is 9.47 Å². The van der Waals surface area contributed by atoms with Crippen molar-refractivity contribution in [1.82, 2.24) is 0 Å². The molecule has 0 radical (unpaired) electrons. The van der Waals surface area contributed by atoms with Gasteiger partial charge in [0.15, 0.2) is 0 Å². The lowest BCUT2D eigenvalue weighted by Gasteiger charge is -2.15. The Bertz CT molecular complexity index is 1020. The number of aryl methyl sites for hydroxylation is 2. The summed E-state index contributed by atoms with van der Waals surface area (Å²) in [5.41, 5.74) is 5.85. The van der Waals surface area contributed by atoms with E-state index >= 15 is 0 Å². The number of carbonyl (C=O) groups excluding carboxylic acids is 2. The van der Waals surface area contributed by atoms with Gasteiger partial charge in [-0.25, -0.2) is 9.59 Å². The fourth-order valence-electron chi connectivity index (χ4n) is 3.11. The Balaban J connectivity index is 2.33. The van der Waals surface area contributed by atoms with Crippen molar-refractivity contribution >= 4 is 11.9 Å². The molecule has 4 nitrogen and oxygen atoms in total. The zero-order chi connectivity index (χ0) is 20.3. The lowest BCUT2D eigenvalue weighted by molar-refractivity contribution is 0.0556. The van der Waals surface area contributed by atoms with Gasteiger partial charge in [0.1, 0.15) is 0 Å². The minimum Gasteiger partial charge on any atom is -0.465 e. The Hall–Kier alpha value is -3.40. The highest BCUT2D eigenvalue weighted by molar-refractivity contribution is 6.09. The number of ether oxygens (including phenoxy) is 2. The summed E-state index contributed by atoms with van der Waals surface area (Å²) in [5.74, 6) is -1.16. The molecule has 3 aromatic rings. The number of esters is 2. The second-order valence-electron chi connectivity index (χ2n) is 6.66. The van der Waals surface area contributed by atoms with Gasteiger partial charge in [-0.2, -0.15) is 0 Å². The molecule has 0 saturated heterocycles. The molecule has 3 rings (SSSR count). The summed E-state index contributed by atoms with van der Waals surface area (Å²) < 4.78 is 9.92. The largest absolute Gasteiger partial charge is 0.465 e. The van der Waals surface area contributed by atoms with Crippen molar-refractivity contribution in [2.24, 2.45) is 0 Å². The van der Waals surface area contributed by atoms with E-state index in [9.17, 15) is 9.59 Å². The van der Waals surface area contributed by atoms with Crippen LogP contribution >= 0.6 is 0 Å². The summed E-state index contributed by atoms with van der Waals surface area (Å²) in [7, 11) is 2.60. The van der Waals surface area contributed by atoms with Crippen LogP contribution in [0.5, 0.6) is 0 Å². The van der Waals surface area contributed by atoms with E-state index in [0.717, 1.165) is 27.8 Å². The number of benzene rings is 3. The Kier molecular flexibility index (Phi) is 5.59. The van der Waals surface area contributed by atoms with Gasteiger partial charge in [0.25, 0.3) is 0 Å². The first-order chi connectivity index (χ1) is 13.4. The summed E-state index contributed by atoms with van der Waals surface area (Å²) in [6.07, 6.45) is 0. The lowest BCUT2D eigenvalue weighted by Crippen LogP contribution is -2.14. The standard InChI is InChI=1S/C24H22O4/c1-15-5-9-17(10-6-15)19-13-20(18-11-7-16(2)8-12-18)22(24(26)28-4)21(14-19)23(25)27-3/h5-14H,1-4H3. The SMILES string of the molecule is COC(=O)c1cc(-c2ccc(C)cc2)cc(-c2ccc(C)cc2)c1C(=O)OC. The van der Waals surface area contributed by atoms with Crippen LogP contribution in [0.15, 0.2) is 60.7 Å². The van der Waals surface area contributed by atoms with E-state index in [1.165, 1.54) is 14.2 Å². The van der Waals surface area contributed by atoms with Gasteiger partial charge >= 0.3 is 11.9 Å². The third-order valence-corrected chi connectivity index (χ3v) is 4.68. The van der Waals surface area contributed by atoms with Crippen LogP contribution in [0.25, 0.3) is 22.3 Å². The molecule has 0 aliphatic rings. The van der Waals surface area contributed by atoms with Crippen molar-refractivity contribution in [1.29, 1.82) is 0 Å². The van der Waals surface area contributed by atoms with E-state index in [-0.39, 0.29) is 11.1 Å². The van der Waals surface area contributed by atoms with Crippen molar-refractivity contribution < 1.29 is 19.1 Å². The molecule has 0 heterocycles. The summed E-state index contributed by atoms with van der Waals surface area (Å²) >= 11 is 0. The third kappa shape index (κ3) is 3.81. The highest BCUT2D eigenvalue weighted by atomic mass is 16.5. The number of carbonyl (C=O) groups is 2. The van der Waals surface area contributed by atoms with Crippen LogP contribution in [0.1, 0.15) is 31.8 Å². The molecule has 0 bridgehead atoms. The van der Waals surface area contributed by atoms with Gasteiger partial charge in [0, 0.05) is 0 Å². The van der Waals surface area contributed by atoms with Crippen molar-refractivity contribution in [2.75, 3.05) is 14.2 Å². The van der Waals surface area contributed by atoms with Crippen LogP contribution in [-0.2, 0) is 9.47 Å². The highest BCUT2D eigenvalue weighted by Crippen LogP contribution is 2.34. The molecule has 4 heteroatoms. The van der Waals surface area contributed by atoms with E-state index in [0.29, 0.717) is 5.56 Å². The van der Waals surface area contributed by atoms with Gasteiger partial charge in [0.2, 0.25) is 0 Å². The molecule has 0 aromatic heterocycles. The Morgan fingerprint density at radius 3 is 1.64 bits per heavy atom. The fraction of sp³-hybridized carbons (Fsp3) is 0.167. The van der Waals surface area contributed by atoms with Gasteiger partial charge in [-0.05, 0) is 48.2 Å². The van der Waals surface area contributed by atoms with Crippen molar-refractivity contribution in [3.63, 3.8) is 0 Å². The molecule has 0 N–H and O–H groups in total. The minimum absolute atomic E-state index is 0.183. The average Bonchev–Trinajstić information content (AvgIpc) is 2.72. The molecule has 0 spiro atoms. The van der Waals surface area contributed by atoms with Crippen molar-refractivity contribution in [3.8, 4) is 22.3 Å². The summed E-state index contributed by atoms with van der Waals surface area (Å²) in [5, 5.41) is 0. The van der Waals surface area contributed by atoms with E-state index in [1.807, 2.05) is 68.4 Å². The van der Waals surface area contributed by atoms with Crippen LogP contribution in [0.3, 0.4) is 0 Å². The second kappa shape index (κ2) is 8.09. The highest BCUT2D eigenvalue weighted by Gasteiger charge is 2.24. The molecule has 0 unspecified atom stereocenters. The number of hydrogen-bond donors (Lipinski definition) is 0. The van der Waals surface area contributed by atoms with Crippen LogP contribution in [-0.4, -0.2) is 26.2 Å². The molecule has 0 aliphatic heterocycles. The normalized spacial score (nSPS) is 10.4. The summed E-state index contributed by atoms with van der Waals surface area (Å²) in [6.45, 7) is 4.01. The van der Waals surface area contributed by atoms with Gasteiger partial charge in [-0.3, -0.25) is 0 Å². The minimum atomic E-state index is -0.581. The first kappa shape index (κ1) is 19.4. The van der Waals surface area contributed by atoms with Gasteiger partial charge < -0.3 is 9.47 Å². The van der Waals surface area contributed by atoms with Crippen LogP contribution in [0.4, 0.5) is 0 Å². The average molecular weight is 374 g/mol. The number of hydrogen-bond acceptors (Lipinski definition) is 4. The molecule has 0 amide bonds. The summed E-state index contributed by atoms with van der Waals surface area (Å²) in [6, 6.07) is 19.4. The number of rotatable bonds is 4. The zero-order valence-corrected chi connectivity index (χ0v) is 16.4. The van der Waals surface area contributed by atoms with E-state index in [1.54, 1.807) is 6.07 Å². The second-order valence-corrected chi connectivity index (χ2v) is 6.66. The summed E-state index contributed by atoms with van der Waals surface area (Å²) in [4.78, 5) is 25.1. The van der Waals surface area contributed by atoms with Gasteiger partial charge in [0.05, 0.1) is 25.3 Å². The van der Waals surface area contributed by atoms with Gasteiger partial charge in [-0.15, -0.1) is 0 Å². The molecule has 0 fully saturated rings. The fourth-order valence-corrected chi connectivity index (χ4v) is 3.11. The van der Waals surface area contributed by atoms with Crippen LogP contribution < -0.4 is 0 Å². The smallest absolute Gasteiger partial charge is 0.339 e. The molecule has 3 aromatic carbocycles. The molecule has 0 atom stereocenters. The predicted molar refractivity (Wildman–Crippen MR) is 109 cm³/mol. The zero-order valence-electron chi connectivity index (χ0n) is 16.4. The first-order valence-electron chi connectivity index (χ1n) is 8.93. The number of methoxy groups -OCH3 is 2. The molecular formula is C24H22O4. The molecule has 142 valence electrons. The Morgan fingerprint density at radius 2 is 1.14 bits per heavy atom. The van der Waals surface area contributed by atoms with E-state index < -0.39 is 11.9 Å². The molecule has 28 heavy (non-hydrogen) atoms. The third-order valence-electron chi connectivity index (χ3n) is 4.68. The topological polar surface area (TPSA) is 52.6 Å². The maximum atomic E-state index is 12.6.